The zero-order valence-corrected chi connectivity index (χ0v) is 13.7. The van der Waals surface area contributed by atoms with Gasteiger partial charge < -0.3 is 14.1 Å². The second kappa shape index (κ2) is 6.18. The number of thioether (sulfide) groups is 1. The number of hydrogen-bond donors (Lipinski definition) is 1. The molecule has 7 heteroatoms. The minimum absolute atomic E-state index is 0.103. The molecule has 1 saturated heterocycles. The van der Waals surface area contributed by atoms with Gasteiger partial charge in [-0.1, -0.05) is 11.8 Å². The smallest absolute Gasteiger partial charge is 0.290 e. The van der Waals surface area contributed by atoms with E-state index >= 15 is 0 Å². The number of nitrogens with zero attached hydrogens (tertiary/aromatic N) is 2. The van der Waals surface area contributed by atoms with Gasteiger partial charge in [0.05, 0.1) is 24.9 Å². The first-order valence-electron chi connectivity index (χ1n) is 7.15. The number of nitrogens with one attached hydrogen (secondary N) is 1. The predicted octanol–water partition coefficient (Wildman–Crippen LogP) is 2.56. The maximum atomic E-state index is 12.8. The average molecular weight is 321 g/mol. The van der Waals surface area contributed by atoms with Crippen molar-refractivity contribution in [3.63, 3.8) is 0 Å². The SMILES string of the molecule is CSc1ccc(C(=O)N2CCOC[C@H]2c2c(C)n[nH]c2C)o1. The monoisotopic (exact) mass is 321 g/mol. The van der Waals surface area contributed by atoms with E-state index in [0.29, 0.717) is 25.5 Å². The summed E-state index contributed by atoms with van der Waals surface area (Å²) >= 11 is 1.48. The van der Waals surface area contributed by atoms with Gasteiger partial charge >= 0.3 is 0 Å². The number of amides is 1. The lowest BCUT2D eigenvalue weighted by Gasteiger charge is -2.35. The summed E-state index contributed by atoms with van der Waals surface area (Å²) in [7, 11) is 0. The molecule has 3 heterocycles. The van der Waals surface area contributed by atoms with E-state index in [2.05, 4.69) is 10.2 Å². The molecular weight excluding hydrogens is 302 g/mol. The van der Waals surface area contributed by atoms with Gasteiger partial charge in [-0.15, -0.1) is 0 Å². The number of furan rings is 1. The number of aromatic amines is 1. The van der Waals surface area contributed by atoms with Crippen molar-refractivity contribution in [2.75, 3.05) is 26.0 Å². The minimum Gasteiger partial charge on any atom is -0.445 e. The first-order chi connectivity index (χ1) is 10.6. The van der Waals surface area contributed by atoms with Gasteiger partial charge in [0.2, 0.25) is 0 Å². The van der Waals surface area contributed by atoms with Crippen LogP contribution in [0.15, 0.2) is 21.6 Å². The van der Waals surface area contributed by atoms with E-state index in [1.807, 2.05) is 31.1 Å². The van der Waals surface area contributed by atoms with Crippen LogP contribution in [0.5, 0.6) is 0 Å². The number of ether oxygens (including phenoxy) is 1. The second-order valence-corrected chi connectivity index (χ2v) is 6.07. The number of hydrogen-bond acceptors (Lipinski definition) is 5. The van der Waals surface area contributed by atoms with E-state index in [9.17, 15) is 4.79 Å². The summed E-state index contributed by atoms with van der Waals surface area (Å²) in [5.74, 6) is 0.267. The number of carbonyl (C=O) groups is 1. The molecule has 0 bridgehead atoms. The van der Waals surface area contributed by atoms with E-state index < -0.39 is 0 Å². The second-order valence-electron chi connectivity index (χ2n) is 5.26. The maximum Gasteiger partial charge on any atom is 0.290 e. The zero-order chi connectivity index (χ0) is 15.7. The molecule has 2 aromatic heterocycles. The third-order valence-corrected chi connectivity index (χ3v) is 4.52. The third kappa shape index (κ3) is 2.66. The Morgan fingerprint density at radius 3 is 2.91 bits per heavy atom. The molecule has 3 rings (SSSR count). The number of morpholine rings is 1. The van der Waals surface area contributed by atoms with Crippen molar-refractivity contribution in [3.05, 3.63) is 34.8 Å². The van der Waals surface area contributed by atoms with Gasteiger partial charge in [-0.05, 0) is 32.2 Å². The van der Waals surface area contributed by atoms with E-state index in [1.54, 1.807) is 6.07 Å². The van der Waals surface area contributed by atoms with Crippen LogP contribution in [-0.2, 0) is 4.74 Å². The Hall–Kier alpha value is -1.73. The van der Waals surface area contributed by atoms with Gasteiger partial charge in [0.1, 0.15) is 0 Å². The highest BCUT2D eigenvalue weighted by Gasteiger charge is 2.33. The van der Waals surface area contributed by atoms with Gasteiger partial charge in [0, 0.05) is 17.8 Å². The fourth-order valence-electron chi connectivity index (χ4n) is 2.82. The average Bonchev–Trinajstić information content (AvgIpc) is 3.14. The molecule has 2 aromatic rings. The van der Waals surface area contributed by atoms with Crippen LogP contribution in [0, 0.1) is 13.8 Å². The third-order valence-electron chi connectivity index (χ3n) is 3.90. The Kier molecular flexibility index (Phi) is 4.26. The first-order valence-corrected chi connectivity index (χ1v) is 8.38. The summed E-state index contributed by atoms with van der Waals surface area (Å²) in [6, 6.07) is 3.42. The van der Waals surface area contributed by atoms with Crippen molar-refractivity contribution in [2.45, 2.75) is 25.0 Å². The van der Waals surface area contributed by atoms with Crippen LogP contribution >= 0.6 is 11.8 Å². The largest absolute Gasteiger partial charge is 0.445 e. The molecule has 1 atom stereocenters. The minimum atomic E-state index is -0.136. The molecule has 0 saturated carbocycles. The topological polar surface area (TPSA) is 71.4 Å². The summed E-state index contributed by atoms with van der Waals surface area (Å²) in [4.78, 5) is 14.6. The molecular formula is C15H19N3O3S. The Morgan fingerprint density at radius 2 is 2.27 bits per heavy atom. The zero-order valence-electron chi connectivity index (χ0n) is 12.9. The highest BCUT2D eigenvalue weighted by Crippen LogP contribution is 2.30. The van der Waals surface area contributed by atoms with Crippen molar-refractivity contribution in [1.29, 1.82) is 0 Å². The van der Waals surface area contributed by atoms with E-state index in [0.717, 1.165) is 22.0 Å². The molecule has 6 nitrogen and oxygen atoms in total. The standard InChI is InChI=1S/C15H19N3O3S/c1-9-14(10(2)17-16-9)11-8-20-7-6-18(11)15(19)12-4-5-13(21-12)22-3/h4-5,11H,6-8H2,1-3H3,(H,16,17)/t11-/m0/s1. The lowest BCUT2D eigenvalue weighted by Crippen LogP contribution is -2.43. The van der Waals surface area contributed by atoms with Crippen LogP contribution in [0.25, 0.3) is 0 Å². The molecule has 1 amide bonds. The Labute approximate surface area is 133 Å². The van der Waals surface area contributed by atoms with Crippen LogP contribution in [-0.4, -0.2) is 47.0 Å². The van der Waals surface area contributed by atoms with Crippen LogP contribution in [0.2, 0.25) is 0 Å². The number of aryl methyl sites for hydroxylation is 2. The van der Waals surface area contributed by atoms with Gasteiger partial charge in [-0.25, -0.2) is 0 Å². The summed E-state index contributed by atoms with van der Waals surface area (Å²) < 4.78 is 11.2. The predicted molar refractivity (Wildman–Crippen MR) is 83.1 cm³/mol. The van der Waals surface area contributed by atoms with E-state index in [4.69, 9.17) is 9.15 Å². The van der Waals surface area contributed by atoms with Crippen molar-refractivity contribution in [1.82, 2.24) is 15.1 Å². The molecule has 1 fully saturated rings. The Bertz CT molecular complexity index is 660. The summed E-state index contributed by atoms with van der Waals surface area (Å²) in [5, 5.41) is 7.95. The summed E-state index contributed by atoms with van der Waals surface area (Å²) in [5.41, 5.74) is 2.90. The van der Waals surface area contributed by atoms with E-state index in [-0.39, 0.29) is 11.9 Å². The normalized spacial score (nSPS) is 18.7. The lowest BCUT2D eigenvalue weighted by atomic mass is 10.0. The molecule has 22 heavy (non-hydrogen) atoms. The van der Waals surface area contributed by atoms with Crippen LogP contribution < -0.4 is 0 Å². The van der Waals surface area contributed by atoms with Crippen LogP contribution in [0.4, 0.5) is 0 Å². The molecule has 0 unspecified atom stereocenters. The molecule has 0 radical (unpaired) electrons. The molecule has 1 aliphatic heterocycles. The quantitative estimate of drug-likeness (QED) is 0.880. The lowest BCUT2D eigenvalue weighted by molar-refractivity contribution is -0.00479. The highest BCUT2D eigenvalue weighted by atomic mass is 32.2. The highest BCUT2D eigenvalue weighted by molar-refractivity contribution is 7.98. The molecule has 0 aliphatic carbocycles. The first kappa shape index (κ1) is 15.2. The van der Waals surface area contributed by atoms with Crippen molar-refractivity contribution in [2.24, 2.45) is 0 Å². The van der Waals surface area contributed by atoms with Crippen molar-refractivity contribution >= 4 is 17.7 Å². The Morgan fingerprint density at radius 1 is 1.45 bits per heavy atom. The van der Waals surface area contributed by atoms with Crippen LogP contribution in [0.3, 0.4) is 0 Å². The summed E-state index contributed by atoms with van der Waals surface area (Å²) in [6.45, 7) is 5.46. The van der Waals surface area contributed by atoms with Crippen molar-refractivity contribution in [3.8, 4) is 0 Å². The molecule has 0 aromatic carbocycles. The molecule has 0 spiro atoms. The summed E-state index contributed by atoms with van der Waals surface area (Å²) in [6.07, 6.45) is 1.92. The number of carbonyl (C=O) groups excluding carboxylic acids is 1. The van der Waals surface area contributed by atoms with Crippen LogP contribution in [0.1, 0.15) is 33.5 Å². The van der Waals surface area contributed by atoms with Gasteiger partial charge in [0.15, 0.2) is 10.9 Å². The fourth-order valence-corrected chi connectivity index (χ4v) is 3.20. The van der Waals surface area contributed by atoms with Gasteiger partial charge in [-0.2, -0.15) is 5.10 Å². The number of rotatable bonds is 3. The molecule has 1 aliphatic rings. The van der Waals surface area contributed by atoms with Gasteiger partial charge in [0.25, 0.3) is 5.91 Å². The number of H-pyrrole nitrogens is 1. The van der Waals surface area contributed by atoms with Crippen molar-refractivity contribution < 1.29 is 13.9 Å². The number of aromatic nitrogens is 2. The Balaban J connectivity index is 1.91. The fraction of sp³-hybridized carbons (Fsp3) is 0.467. The molecule has 118 valence electrons. The molecule has 1 N–H and O–H groups in total. The van der Waals surface area contributed by atoms with E-state index in [1.165, 1.54) is 11.8 Å². The van der Waals surface area contributed by atoms with Gasteiger partial charge in [-0.3, -0.25) is 9.89 Å². The maximum absolute atomic E-state index is 12.8.